The van der Waals surface area contributed by atoms with Gasteiger partial charge in [0, 0.05) is 37.9 Å². The van der Waals surface area contributed by atoms with Gasteiger partial charge in [-0.1, -0.05) is 6.42 Å². The molecule has 0 saturated carbocycles. The number of nitrogens with one attached hydrogen (secondary N) is 1. The molecule has 2 heterocycles. The van der Waals surface area contributed by atoms with Gasteiger partial charge in [-0.25, -0.2) is 4.98 Å². The first-order valence-corrected chi connectivity index (χ1v) is 7.40. The standard InChI is InChI=1S/C15H28N4/c1-15(2,3)17-10-13-7-5-6-8-19(13)11-14-9-16-12-18(14)4/h9,12-13,17H,5-8,10-11H2,1-4H3. The van der Waals surface area contributed by atoms with E-state index < -0.39 is 0 Å². The number of hydrogen-bond acceptors (Lipinski definition) is 3. The summed E-state index contributed by atoms with van der Waals surface area (Å²) in [4.78, 5) is 6.83. The number of aryl methyl sites for hydroxylation is 1. The third-order valence-corrected chi connectivity index (χ3v) is 3.90. The van der Waals surface area contributed by atoms with Gasteiger partial charge in [0.05, 0.1) is 12.0 Å². The minimum Gasteiger partial charge on any atom is -0.337 e. The van der Waals surface area contributed by atoms with Crippen molar-refractivity contribution in [3.63, 3.8) is 0 Å². The SMILES string of the molecule is Cn1cncc1CN1CCCCC1CNC(C)(C)C. The van der Waals surface area contributed by atoms with Gasteiger partial charge in [-0.3, -0.25) is 4.90 Å². The molecule has 1 fully saturated rings. The van der Waals surface area contributed by atoms with Crippen LogP contribution in [0, 0.1) is 0 Å². The summed E-state index contributed by atoms with van der Waals surface area (Å²) in [5.74, 6) is 0. The van der Waals surface area contributed by atoms with Crippen molar-refractivity contribution in [3.05, 3.63) is 18.2 Å². The van der Waals surface area contributed by atoms with Crippen LogP contribution in [0.25, 0.3) is 0 Å². The molecule has 0 spiro atoms. The van der Waals surface area contributed by atoms with Crippen LogP contribution in [0.15, 0.2) is 12.5 Å². The predicted molar refractivity (Wildman–Crippen MR) is 79.0 cm³/mol. The Morgan fingerprint density at radius 1 is 1.37 bits per heavy atom. The molecular weight excluding hydrogens is 236 g/mol. The van der Waals surface area contributed by atoms with E-state index in [2.05, 4.69) is 47.6 Å². The second kappa shape index (κ2) is 6.06. The fourth-order valence-corrected chi connectivity index (χ4v) is 2.67. The number of hydrogen-bond donors (Lipinski definition) is 1. The maximum atomic E-state index is 4.22. The maximum Gasteiger partial charge on any atom is 0.0945 e. The third-order valence-electron chi connectivity index (χ3n) is 3.90. The van der Waals surface area contributed by atoms with Crippen molar-refractivity contribution >= 4 is 0 Å². The lowest BCUT2D eigenvalue weighted by atomic mass is 10.00. The molecule has 2 rings (SSSR count). The van der Waals surface area contributed by atoms with E-state index in [1.165, 1.54) is 31.5 Å². The number of likely N-dealkylation sites (tertiary alicyclic amines) is 1. The quantitative estimate of drug-likeness (QED) is 0.904. The van der Waals surface area contributed by atoms with Gasteiger partial charge in [-0.15, -0.1) is 0 Å². The normalized spacial score (nSPS) is 21.8. The highest BCUT2D eigenvalue weighted by Gasteiger charge is 2.24. The van der Waals surface area contributed by atoms with Crippen LogP contribution in [0.1, 0.15) is 45.7 Å². The highest BCUT2D eigenvalue weighted by atomic mass is 15.2. The number of imidazole rings is 1. The molecule has 1 unspecified atom stereocenters. The van der Waals surface area contributed by atoms with Gasteiger partial charge >= 0.3 is 0 Å². The van der Waals surface area contributed by atoms with Crippen LogP contribution < -0.4 is 5.32 Å². The average molecular weight is 264 g/mol. The molecule has 1 aliphatic rings. The van der Waals surface area contributed by atoms with E-state index >= 15 is 0 Å². The number of rotatable bonds is 4. The first-order chi connectivity index (χ1) is 8.96. The van der Waals surface area contributed by atoms with Gasteiger partial charge in [0.15, 0.2) is 0 Å². The van der Waals surface area contributed by atoms with E-state index in [0.29, 0.717) is 6.04 Å². The molecule has 19 heavy (non-hydrogen) atoms. The van der Waals surface area contributed by atoms with Gasteiger partial charge in [0.1, 0.15) is 0 Å². The Balaban J connectivity index is 1.94. The van der Waals surface area contributed by atoms with Crippen LogP contribution in [0.5, 0.6) is 0 Å². The Morgan fingerprint density at radius 3 is 2.79 bits per heavy atom. The van der Waals surface area contributed by atoms with Crippen LogP contribution >= 0.6 is 0 Å². The van der Waals surface area contributed by atoms with Crippen molar-refractivity contribution in [1.29, 1.82) is 0 Å². The second-order valence-corrected chi connectivity index (χ2v) is 6.75. The van der Waals surface area contributed by atoms with Gasteiger partial charge < -0.3 is 9.88 Å². The minimum absolute atomic E-state index is 0.204. The van der Waals surface area contributed by atoms with Crippen molar-refractivity contribution in [2.75, 3.05) is 13.1 Å². The van der Waals surface area contributed by atoms with Gasteiger partial charge in [0.2, 0.25) is 0 Å². The molecule has 1 atom stereocenters. The Bertz CT molecular complexity index is 391. The highest BCUT2D eigenvalue weighted by molar-refractivity contribution is 4.98. The third kappa shape index (κ3) is 4.32. The number of aromatic nitrogens is 2. The smallest absolute Gasteiger partial charge is 0.0945 e. The molecule has 0 aromatic carbocycles. The zero-order chi connectivity index (χ0) is 13.9. The lowest BCUT2D eigenvalue weighted by molar-refractivity contribution is 0.128. The molecule has 0 amide bonds. The molecule has 0 radical (unpaired) electrons. The number of nitrogens with zero attached hydrogens (tertiary/aromatic N) is 3. The van der Waals surface area contributed by atoms with Crippen LogP contribution in [-0.4, -0.2) is 39.1 Å². The van der Waals surface area contributed by atoms with E-state index in [9.17, 15) is 0 Å². The van der Waals surface area contributed by atoms with Crippen molar-refractivity contribution in [1.82, 2.24) is 19.8 Å². The Morgan fingerprint density at radius 2 is 2.16 bits per heavy atom. The predicted octanol–water partition coefficient (Wildman–Crippen LogP) is 2.16. The van der Waals surface area contributed by atoms with Crippen LogP contribution in [-0.2, 0) is 13.6 Å². The van der Waals surface area contributed by atoms with E-state index in [4.69, 9.17) is 0 Å². The summed E-state index contributed by atoms with van der Waals surface area (Å²) in [5, 5.41) is 3.65. The molecule has 4 heteroatoms. The first kappa shape index (κ1) is 14.5. The summed E-state index contributed by atoms with van der Waals surface area (Å²) in [6.07, 6.45) is 7.87. The lowest BCUT2D eigenvalue weighted by Crippen LogP contribution is -2.49. The maximum absolute atomic E-state index is 4.22. The summed E-state index contributed by atoms with van der Waals surface area (Å²) >= 11 is 0. The topological polar surface area (TPSA) is 33.1 Å². The van der Waals surface area contributed by atoms with E-state index in [0.717, 1.165) is 13.1 Å². The summed E-state index contributed by atoms with van der Waals surface area (Å²) in [5.41, 5.74) is 1.51. The average Bonchev–Trinajstić information content (AvgIpc) is 2.73. The Hall–Kier alpha value is -0.870. The molecule has 0 aliphatic carbocycles. The van der Waals surface area contributed by atoms with Crippen molar-refractivity contribution < 1.29 is 0 Å². The molecule has 0 bridgehead atoms. The summed E-state index contributed by atoms with van der Waals surface area (Å²) in [6, 6.07) is 0.655. The lowest BCUT2D eigenvalue weighted by Gasteiger charge is -2.37. The van der Waals surface area contributed by atoms with E-state index in [1.54, 1.807) is 0 Å². The first-order valence-electron chi connectivity index (χ1n) is 7.40. The molecule has 1 aliphatic heterocycles. The van der Waals surface area contributed by atoms with Crippen molar-refractivity contribution in [3.8, 4) is 0 Å². The van der Waals surface area contributed by atoms with Crippen LogP contribution in [0.2, 0.25) is 0 Å². The Kier molecular flexibility index (Phi) is 4.63. The van der Waals surface area contributed by atoms with Crippen LogP contribution in [0.3, 0.4) is 0 Å². The highest BCUT2D eigenvalue weighted by Crippen LogP contribution is 2.19. The number of piperidine rings is 1. The minimum atomic E-state index is 0.204. The fraction of sp³-hybridized carbons (Fsp3) is 0.800. The van der Waals surface area contributed by atoms with Crippen molar-refractivity contribution in [2.45, 2.75) is 58.2 Å². The van der Waals surface area contributed by atoms with Crippen LogP contribution in [0.4, 0.5) is 0 Å². The molecule has 1 N–H and O–H groups in total. The molecule has 1 aromatic rings. The summed E-state index contributed by atoms with van der Waals surface area (Å²) in [7, 11) is 2.08. The molecule has 4 nitrogen and oxygen atoms in total. The Labute approximate surface area is 117 Å². The van der Waals surface area contributed by atoms with Gasteiger partial charge in [0.25, 0.3) is 0 Å². The largest absolute Gasteiger partial charge is 0.337 e. The molecule has 1 saturated heterocycles. The van der Waals surface area contributed by atoms with E-state index in [-0.39, 0.29) is 5.54 Å². The second-order valence-electron chi connectivity index (χ2n) is 6.75. The molecule has 108 valence electrons. The molecular formula is C15H28N4. The fourth-order valence-electron chi connectivity index (χ4n) is 2.67. The van der Waals surface area contributed by atoms with Gasteiger partial charge in [-0.05, 0) is 40.2 Å². The summed E-state index contributed by atoms with van der Waals surface area (Å²) in [6.45, 7) is 10.0. The monoisotopic (exact) mass is 264 g/mol. The van der Waals surface area contributed by atoms with E-state index in [1.807, 2.05) is 12.5 Å². The summed E-state index contributed by atoms with van der Waals surface area (Å²) < 4.78 is 2.13. The van der Waals surface area contributed by atoms with Crippen molar-refractivity contribution in [2.24, 2.45) is 7.05 Å². The zero-order valence-corrected chi connectivity index (χ0v) is 12.8. The molecule has 1 aromatic heterocycles. The zero-order valence-electron chi connectivity index (χ0n) is 12.8. The van der Waals surface area contributed by atoms with Gasteiger partial charge in [-0.2, -0.15) is 0 Å².